The summed E-state index contributed by atoms with van der Waals surface area (Å²) in [6.45, 7) is -0.387. The van der Waals surface area contributed by atoms with Crippen LogP contribution in [0.25, 0.3) is 0 Å². The predicted molar refractivity (Wildman–Crippen MR) is 50.6 cm³/mol. The molecule has 0 saturated carbocycles. The van der Waals surface area contributed by atoms with Gasteiger partial charge < -0.3 is 14.9 Å². The van der Waals surface area contributed by atoms with Gasteiger partial charge in [-0.15, -0.1) is 0 Å². The summed E-state index contributed by atoms with van der Waals surface area (Å²) in [5, 5.41) is 18.7. The average molecular weight is 223 g/mol. The molecule has 72 valence electrons. The minimum atomic E-state index is -0.387. The highest BCUT2D eigenvalue weighted by molar-refractivity contribution is 6.42. The number of benzene rings is 1. The lowest BCUT2D eigenvalue weighted by atomic mass is 10.2. The highest BCUT2D eigenvalue weighted by Gasteiger charge is 2.14. The second-order valence-corrected chi connectivity index (χ2v) is 3.15. The van der Waals surface area contributed by atoms with Crippen LogP contribution in [0, 0.1) is 0 Å². The Hall–Kier alpha value is -0.640. The van der Waals surface area contributed by atoms with Gasteiger partial charge in [-0.2, -0.15) is 0 Å². The standard InChI is InChI=1S/C8H8Cl2O3/c1-13-6-2-5(9)7(10)4(3-11)8(6)12/h2,11-12H,3H2,1H3. The Balaban J connectivity index is 3.39. The van der Waals surface area contributed by atoms with Crippen molar-refractivity contribution >= 4 is 23.2 Å². The van der Waals surface area contributed by atoms with Crippen LogP contribution in [-0.2, 0) is 6.61 Å². The van der Waals surface area contributed by atoms with Gasteiger partial charge in [0, 0.05) is 11.6 Å². The normalized spacial score (nSPS) is 10.2. The van der Waals surface area contributed by atoms with Gasteiger partial charge in [0.2, 0.25) is 0 Å². The molecule has 5 heteroatoms. The van der Waals surface area contributed by atoms with Crippen molar-refractivity contribution in [1.82, 2.24) is 0 Å². The molecule has 0 aliphatic carbocycles. The van der Waals surface area contributed by atoms with E-state index in [9.17, 15) is 5.11 Å². The molecule has 0 fully saturated rings. The van der Waals surface area contributed by atoms with E-state index < -0.39 is 0 Å². The Labute approximate surface area is 85.5 Å². The molecule has 1 aromatic rings. The van der Waals surface area contributed by atoms with E-state index in [1.807, 2.05) is 0 Å². The van der Waals surface area contributed by atoms with Crippen molar-refractivity contribution in [1.29, 1.82) is 0 Å². The van der Waals surface area contributed by atoms with Gasteiger partial charge in [0.25, 0.3) is 0 Å². The summed E-state index contributed by atoms with van der Waals surface area (Å²) in [5.74, 6) is 0.0119. The maximum Gasteiger partial charge on any atom is 0.164 e. The zero-order valence-electron chi connectivity index (χ0n) is 6.84. The van der Waals surface area contributed by atoms with Crippen LogP contribution in [0.1, 0.15) is 5.56 Å². The lowest BCUT2D eigenvalue weighted by Crippen LogP contribution is -1.91. The van der Waals surface area contributed by atoms with Gasteiger partial charge in [-0.05, 0) is 0 Å². The third-order valence-electron chi connectivity index (χ3n) is 1.63. The van der Waals surface area contributed by atoms with Gasteiger partial charge in [-0.3, -0.25) is 0 Å². The summed E-state index contributed by atoms with van der Waals surface area (Å²) in [4.78, 5) is 0. The molecule has 0 atom stereocenters. The molecule has 0 unspecified atom stereocenters. The maximum atomic E-state index is 9.47. The van der Waals surface area contributed by atoms with E-state index in [0.29, 0.717) is 0 Å². The smallest absolute Gasteiger partial charge is 0.164 e. The number of halogens is 2. The number of rotatable bonds is 2. The fourth-order valence-electron chi connectivity index (χ4n) is 0.944. The fourth-order valence-corrected chi connectivity index (χ4v) is 1.36. The quantitative estimate of drug-likeness (QED) is 0.807. The first-order valence-electron chi connectivity index (χ1n) is 3.46. The van der Waals surface area contributed by atoms with Gasteiger partial charge in [0.15, 0.2) is 11.5 Å². The van der Waals surface area contributed by atoms with Crippen LogP contribution >= 0.6 is 23.2 Å². The Bertz CT molecular complexity index is 326. The van der Waals surface area contributed by atoms with Crippen molar-refractivity contribution in [3.05, 3.63) is 21.7 Å². The average Bonchev–Trinajstić information content (AvgIpc) is 2.12. The van der Waals surface area contributed by atoms with Crippen LogP contribution in [0.5, 0.6) is 11.5 Å². The number of hydrogen-bond acceptors (Lipinski definition) is 3. The van der Waals surface area contributed by atoms with Crippen LogP contribution in [0.15, 0.2) is 6.07 Å². The number of aliphatic hydroxyl groups is 1. The lowest BCUT2D eigenvalue weighted by Gasteiger charge is -2.10. The Kier molecular flexibility index (Phi) is 3.25. The third-order valence-corrected chi connectivity index (χ3v) is 2.46. The number of methoxy groups -OCH3 is 1. The van der Waals surface area contributed by atoms with Crippen molar-refractivity contribution in [3.63, 3.8) is 0 Å². The number of phenols is 1. The first-order valence-corrected chi connectivity index (χ1v) is 4.22. The molecule has 0 radical (unpaired) electrons. The van der Waals surface area contributed by atoms with E-state index in [4.69, 9.17) is 33.0 Å². The van der Waals surface area contributed by atoms with Crippen LogP contribution in [-0.4, -0.2) is 17.3 Å². The van der Waals surface area contributed by atoms with E-state index in [1.165, 1.54) is 13.2 Å². The fraction of sp³-hybridized carbons (Fsp3) is 0.250. The van der Waals surface area contributed by atoms with E-state index in [-0.39, 0.29) is 33.7 Å². The van der Waals surface area contributed by atoms with Crippen LogP contribution in [0.2, 0.25) is 10.0 Å². The molecule has 1 aromatic carbocycles. The zero-order chi connectivity index (χ0) is 10.0. The zero-order valence-corrected chi connectivity index (χ0v) is 8.35. The topological polar surface area (TPSA) is 49.7 Å². The van der Waals surface area contributed by atoms with Gasteiger partial charge in [0.1, 0.15) is 0 Å². The van der Waals surface area contributed by atoms with Crippen LogP contribution in [0.4, 0.5) is 0 Å². The van der Waals surface area contributed by atoms with Gasteiger partial charge >= 0.3 is 0 Å². The molecule has 0 aromatic heterocycles. The van der Waals surface area contributed by atoms with Crippen molar-refractivity contribution in [2.45, 2.75) is 6.61 Å². The molecule has 0 bridgehead atoms. The summed E-state index contributed by atoms with van der Waals surface area (Å²) >= 11 is 11.4. The summed E-state index contributed by atoms with van der Waals surface area (Å²) in [7, 11) is 1.39. The van der Waals surface area contributed by atoms with E-state index in [2.05, 4.69) is 0 Å². The van der Waals surface area contributed by atoms with Crippen molar-refractivity contribution in [2.24, 2.45) is 0 Å². The third kappa shape index (κ3) is 1.82. The molecule has 0 saturated heterocycles. The molecule has 0 amide bonds. The molecular formula is C8H8Cl2O3. The van der Waals surface area contributed by atoms with Crippen LogP contribution in [0.3, 0.4) is 0 Å². The molecule has 13 heavy (non-hydrogen) atoms. The first kappa shape index (κ1) is 10.4. The summed E-state index contributed by atoms with van der Waals surface area (Å²) in [6, 6.07) is 1.39. The molecular weight excluding hydrogens is 215 g/mol. The van der Waals surface area contributed by atoms with Crippen molar-refractivity contribution in [2.75, 3.05) is 7.11 Å². The van der Waals surface area contributed by atoms with Gasteiger partial charge in [-0.25, -0.2) is 0 Å². The minimum absolute atomic E-state index is 0.141. The highest BCUT2D eigenvalue weighted by Crippen LogP contribution is 2.39. The van der Waals surface area contributed by atoms with E-state index in [1.54, 1.807) is 0 Å². The number of hydrogen-bond donors (Lipinski definition) is 2. The molecule has 0 spiro atoms. The van der Waals surface area contributed by atoms with Crippen LogP contribution < -0.4 is 4.74 Å². The molecule has 0 heterocycles. The first-order chi connectivity index (χ1) is 6.11. The molecule has 3 nitrogen and oxygen atoms in total. The number of ether oxygens (including phenoxy) is 1. The second kappa shape index (κ2) is 4.05. The molecule has 0 aliphatic rings. The summed E-state index contributed by atoms with van der Waals surface area (Å²) in [5.41, 5.74) is 0.172. The van der Waals surface area contributed by atoms with Gasteiger partial charge in [0.05, 0.1) is 23.8 Å². The predicted octanol–water partition coefficient (Wildman–Crippen LogP) is 2.20. The minimum Gasteiger partial charge on any atom is -0.504 e. The Morgan fingerprint density at radius 1 is 1.46 bits per heavy atom. The van der Waals surface area contributed by atoms with Gasteiger partial charge in [-0.1, -0.05) is 23.2 Å². The monoisotopic (exact) mass is 222 g/mol. The molecule has 2 N–H and O–H groups in total. The van der Waals surface area contributed by atoms with E-state index in [0.717, 1.165) is 0 Å². The summed E-state index contributed by atoms with van der Waals surface area (Å²) < 4.78 is 4.82. The number of aliphatic hydroxyl groups excluding tert-OH is 1. The van der Waals surface area contributed by atoms with E-state index >= 15 is 0 Å². The Morgan fingerprint density at radius 2 is 2.08 bits per heavy atom. The molecule has 1 rings (SSSR count). The largest absolute Gasteiger partial charge is 0.504 e. The molecule has 0 aliphatic heterocycles. The van der Waals surface area contributed by atoms with Crippen molar-refractivity contribution < 1.29 is 14.9 Å². The lowest BCUT2D eigenvalue weighted by molar-refractivity contribution is 0.272. The Morgan fingerprint density at radius 3 is 2.54 bits per heavy atom. The van der Waals surface area contributed by atoms with Crippen molar-refractivity contribution in [3.8, 4) is 11.5 Å². The summed E-state index contributed by atoms with van der Waals surface area (Å²) in [6.07, 6.45) is 0. The highest BCUT2D eigenvalue weighted by atomic mass is 35.5. The maximum absolute atomic E-state index is 9.47. The SMILES string of the molecule is COc1cc(Cl)c(Cl)c(CO)c1O. The number of aromatic hydroxyl groups is 1. The second-order valence-electron chi connectivity index (χ2n) is 2.36.